The smallest absolute Gasteiger partial charge is 0.244 e. The predicted octanol–water partition coefficient (Wildman–Crippen LogP) is 3.37. The van der Waals surface area contributed by atoms with Crippen molar-refractivity contribution in [2.45, 2.75) is 63.5 Å². The minimum absolute atomic E-state index is 0.0680. The second-order valence-corrected chi connectivity index (χ2v) is 7.65. The number of nitrogens with zero attached hydrogens (tertiary/aromatic N) is 1. The van der Waals surface area contributed by atoms with Crippen LogP contribution in [-0.4, -0.2) is 29.8 Å². The van der Waals surface area contributed by atoms with Crippen molar-refractivity contribution in [3.05, 3.63) is 29.8 Å². The Hall–Kier alpha value is -1.55. The molecule has 1 aliphatic heterocycles. The van der Waals surface area contributed by atoms with E-state index >= 15 is 0 Å². The van der Waals surface area contributed by atoms with Gasteiger partial charge in [0, 0.05) is 17.1 Å². The van der Waals surface area contributed by atoms with Crippen LogP contribution in [0, 0.1) is 0 Å². The average Bonchev–Trinajstić information content (AvgIpc) is 2.83. The third-order valence-corrected chi connectivity index (χ3v) is 5.61. The van der Waals surface area contributed by atoms with Crippen molar-refractivity contribution in [1.82, 2.24) is 5.32 Å². The maximum Gasteiger partial charge on any atom is 0.244 e. The summed E-state index contributed by atoms with van der Waals surface area (Å²) in [6.07, 6.45) is 5.60. The first kappa shape index (κ1) is 17.3. The molecule has 1 aromatic rings. The van der Waals surface area contributed by atoms with Crippen molar-refractivity contribution in [3.63, 3.8) is 0 Å². The maximum absolute atomic E-state index is 13.1. The summed E-state index contributed by atoms with van der Waals surface area (Å²) in [7, 11) is 0. The highest BCUT2D eigenvalue weighted by atomic mass is 35.5. The molecular formula is C19H25ClN2O2. The Bertz CT molecular complexity index is 638. The summed E-state index contributed by atoms with van der Waals surface area (Å²) in [6.45, 7) is 4.05. The summed E-state index contributed by atoms with van der Waals surface area (Å²) < 4.78 is 0. The van der Waals surface area contributed by atoms with Crippen molar-refractivity contribution in [2.24, 2.45) is 0 Å². The lowest BCUT2D eigenvalue weighted by molar-refractivity contribution is -0.127. The van der Waals surface area contributed by atoms with Gasteiger partial charge in [0.05, 0.1) is 0 Å². The molecule has 0 aromatic heterocycles. The van der Waals surface area contributed by atoms with E-state index in [4.69, 9.17) is 11.6 Å². The van der Waals surface area contributed by atoms with Crippen LogP contribution in [0.2, 0.25) is 0 Å². The first-order valence-corrected chi connectivity index (χ1v) is 9.28. The molecule has 1 fully saturated rings. The van der Waals surface area contributed by atoms with Gasteiger partial charge in [-0.15, -0.1) is 11.6 Å². The molecule has 1 aliphatic carbocycles. The van der Waals surface area contributed by atoms with Gasteiger partial charge >= 0.3 is 0 Å². The van der Waals surface area contributed by atoms with Gasteiger partial charge in [-0.1, -0.05) is 51.3 Å². The van der Waals surface area contributed by atoms with E-state index in [1.807, 2.05) is 38.1 Å². The first-order chi connectivity index (χ1) is 11.5. The van der Waals surface area contributed by atoms with E-state index in [1.54, 1.807) is 4.90 Å². The molecule has 0 saturated heterocycles. The second-order valence-electron chi connectivity index (χ2n) is 7.38. The Kier molecular flexibility index (Phi) is 4.86. The zero-order valence-electron chi connectivity index (χ0n) is 14.3. The lowest BCUT2D eigenvalue weighted by Gasteiger charge is -2.34. The number of benzene rings is 1. The van der Waals surface area contributed by atoms with Gasteiger partial charge in [0.25, 0.3) is 0 Å². The zero-order valence-corrected chi connectivity index (χ0v) is 15.1. The predicted molar refractivity (Wildman–Crippen MR) is 96.5 cm³/mol. The molecular weight excluding hydrogens is 324 g/mol. The molecule has 1 aromatic carbocycles. The monoisotopic (exact) mass is 348 g/mol. The van der Waals surface area contributed by atoms with Crippen molar-refractivity contribution < 1.29 is 9.59 Å². The first-order valence-electron chi connectivity index (χ1n) is 8.74. The van der Waals surface area contributed by atoms with Crippen molar-refractivity contribution in [2.75, 3.05) is 10.8 Å². The number of fused-ring (bicyclic) bond motifs is 1. The van der Waals surface area contributed by atoms with Crippen LogP contribution in [0.25, 0.3) is 0 Å². The zero-order chi connectivity index (χ0) is 17.3. The van der Waals surface area contributed by atoms with Crippen molar-refractivity contribution in [1.29, 1.82) is 0 Å². The summed E-state index contributed by atoms with van der Waals surface area (Å²) in [5.74, 6) is -0.419. The largest absolute Gasteiger partial charge is 0.352 e. The number of carbonyl (C=O) groups is 2. The Morgan fingerprint density at radius 1 is 1.21 bits per heavy atom. The molecule has 1 unspecified atom stereocenters. The Balaban J connectivity index is 1.92. The number of para-hydroxylation sites is 1. The number of anilines is 1. The highest BCUT2D eigenvalue weighted by molar-refractivity contribution is 6.30. The van der Waals surface area contributed by atoms with Gasteiger partial charge in [-0.25, -0.2) is 0 Å². The topological polar surface area (TPSA) is 49.4 Å². The SMILES string of the molecule is CC1(C)c2ccccc2N(C(=O)CCl)C1C(=O)NC1CCCCC1. The fourth-order valence-electron chi connectivity index (χ4n) is 4.15. The van der Waals surface area contributed by atoms with Gasteiger partial charge < -0.3 is 5.32 Å². The molecule has 130 valence electrons. The lowest BCUT2D eigenvalue weighted by atomic mass is 9.80. The number of rotatable bonds is 3. The standard InChI is InChI=1S/C19H25ClN2O2/c1-19(2)14-10-6-7-11-15(14)22(16(23)12-20)17(19)18(24)21-13-8-4-3-5-9-13/h6-7,10-11,13,17H,3-5,8-9,12H2,1-2H3,(H,21,24). The highest BCUT2D eigenvalue weighted by Crippen LogP contribution is 2.45. The number of hydrogen-bond donors (Lipinski definition) is 1. The van der Waals surface area contributed by atoms with E-state index in [0.29, 0.717) is 0 Å². The van der Waals surface area contributed by atoms with Gasteiger partial charge in [-0.2, -0.15) is 0 Å². The van der Waals surface area contributed by atoms with E-state index in [1.165, 1.54) is 6.42 Å². The lowest BCUT2D eigenvalue weighted by Crippen LogP contribution is -2.56. The number of alkyl halides is 1. The molecule has 2 aliphatic rings. The number of nitrogens with one attached hydrogen (secondary N) is 1. The fraction of sp³-hybridized carbons (Fsp3) is 0.579. The van der Waals surface area contributed by atoms with E-state index in [-0.39, 0.29) is 23.7 Å². The Morgan fingerprint density at radius 3 is 2.54 bits per heavy atom. The minimum Gasteiger partial charge on any atom is -0.352 e. The number of carbonyl (C=O) groups excluding carboxylic acids is 2. The van der Waals surface area contributed by atoms with Crippen LogP contribution in [0.3, 0.4) is 0 Å². The van der Waals surface area contributed by atoms with Crippen LogP contribution in [-0.2, 0) is 15.0 Å². The molecule has 0 radical (unpaired) electrons. The molecule has 2 amide bonds. The summed E-state index contributed by atoms with van der Waals surface area (Å²) in [4.78, 5) is 27.2. The molecule has 0 spiro atoms. The summed E-state index contributed by atoms with van der Waals surface area (Å²) in [5, 5.41) is 3.18. The number of hydrogen-bond acceptors (Lipinski definition) is 2. The Morgan fingerprint density at radius 2 is 1.88 bits per heavy atom. The van der Waals surface area contributed by atoms with E-state index in [9.17, 15) is 9.59 Å². The summed E-state index contributed by atoms with van der Waals surface area (Å²) >= 11 is 5.83. The summed E-state index contributed by atoms with van der Waals surface area (Å²) in [6, 6.07) is 7.41. The quantitative estimate of drug-likeness (QED) is 0.851. The average molecular weight is 349 g/mol. The number of amides is 2. The maximum atomic E-state index is 13.1. The molecule has 3 rings (SSSR count). The Labute approximate surface area is 148 Å². The minimum atomic E-state index is -0.553. The van der Waals surface area contributed by atoms with Crippen molar-refractivity contribution >= 4 is 29.1 Å². The van der Waals surface area contributed by atoms with Gasteiger partial charge in [0.15, 0.2) is 0 Å². The van der Waals surface area contributed by atoms with Crippen LogP contribution in [0.1, 0.15) is 51.5 Å². The van der Waals surface area contributed by atoms with Gasteiger partial charge in [0.2, 0.25) is 11.8 Å². The molecule has 1 N–H and O–H groups in total. The number of halogens is 1. The molecule has 5 heteroatoms. The molecule has 1 heterocycles. The fourth-order valence-corrected chi connectivity index (χ4v) is 4.28. The molecule has 1 atom stereocenters. The van der Waals surface area contributed by atoms with Crippen LogP contribution >= 0.6 is 11.6 Å². The van der Waals surface area contributed by atoms with E-state index < -0.39 is 11.5 Å². The van der Waals surface area contributed by atoms with Crippen molar-refractivity contribution in [3.8, 4) is 0 Å². The van der Waals surface area contributed by atoms with E-state index in [0.717, 1.165) is 36.9 Å². The normalized spacial score (nSPS) is 23.0. The third-order valence-electron chi connectivity index (χ3n) is 5.38. The highest BCUT2D eigenvalue weighted by Gasteiger charge is 2.50. The third kappa shape index (κ3) is 2.92. The summed E-state index contributed by atoms with van der Waals surface area (Å²) in [5.41, 5.74) is 1.38. The molecule has 0 bridgehead atoms. The van der Waals surface area contributed by atoms with Crippen LogP contribution in [0.4, 0.5) is 5.69 Å². The van der Waals surface area contributed by atoms with E-state index in [2.05, 4.69) is 5.32 Å². The van der Waals surface area contributed by atoms with Gasteiger partial charge in [-0.05, 0) is 24.5 Å². The molecule has 4 nitrogen and oxygen atoms in total. The molecule has 24 heavy (non-hydrogen) atoms. The van der Waals surface area contributed by atoms with Crippen LogP contribution in [0.5, 0.6) is 0 Å². The second kappa shape index (κ2) is 6.75. The van der Waals surface area contributed by atoms with Gasteiger partial charge in [-0.3, -0.25) is 14.5 Å². The molecule has 1 saturated carbocycles. The van der Waals surface area contributed by atoms with Crippen LogP contribution in [0.15, 0.2) is 24.3 Å². The van der Waals surface area contributed by atoms with Crippen LogP contribution < -0.4 is 10.2 Å². The van der Waals surface area contributed by atoms with Gasteiger partial charge in [0.1, 0.15) is 11.9 Å².